The molecule has 2 aliphatic heterocycles. The number of aromatic nitrogens is 3. The molecule has 0 saturated carbocycles. The number of piperidine rings is 1. The Labute approximate surface area is 118 Å². The van der Waals surface area contributed by atoms with Crippen LogP contribution in [0.4, 0.5) is 0 Å². The van der Waals surface area contributed by atoms with Gasteiger partial charge in [0.15, 0.2) is 0 Å². The van der Waals surface area contributed by atoms with Gasteiger partial charge in [-0.05, 0) is 26.7 Å². The van der Waals surface area contributed by atoms with Crippen molar-refractivity contribution < 1.29 is 9.53 Å². The second-order valence-electron chi connectivity index (χ2n) is 5.46. The highest BCUT2D eigenvalue weighted by atomic mass is 16.5. The maximum Gasteiger partial charge on any atom is 0.253 e. The number of carbonyl (C=O) groups is 1. The zero-order chi connectivity index (χ0) is 14.1. The maximum atomic E-state index is 12.4. The van der Waals surface area contributed by atoms with Crippen LogP contribution in [0.5, 0.6) is 0 Å². The van der Waals surface area contributed by atoms with Crippen molar-refractivity contribution >= 4 is 5.91 Å². The molecule has 1 atom stereocenters. The van der Waals surface area contributed by atoms with Crippen molar-refractivity contribution in [3.05, 3.63) is 23.5 Å². The molecule has 0 N–H and O–H groups in total. The van der Waals surface area contributed by atoms with E-state index in [9.17, 15) is 4.79 Å². The van der Waals surface area contributed by atoms with Crippen LogP contribution in [0, 0.1) is 13.8 Å². The van der Waals surface area contributed by atoms with Gasteiger partial charge in [-0.25, -0.2) is 9.67 Å². The van der Waals surface area contributed by atoms with Crippen LogP contribution < -0.4 is 0 Å². The fourth-order valence-electron chi connectivity index (χ4n) is 2.97. The summed E-state index contributed by atoms with van der Waals surface area (Å²) in [5.41, 5.74) is 0.789. The maximum absolute atomic E-state index is 12.4. The molecule has 6 nitrogen and oxygen atoms in total. The van der Waals surface area contributed by atoms with Crippen LogP contribution in [-0.4, -0.2) is 45.3 Å². The predicted octanol–water partition coefficient (Wildman–Crippen LogP) is 1.36. The molecule has 3 heterocycles. The lowest BCUT2D eigenvalue weighted by Crippen LogP contribution is -2.41. The first-order valence-electron chi connectivity index (χ1n) is 7.15. The van der Waals surface area contributed by atoms with E-state index in [4.69, 9.17) is 4.74 Å². The Bertz CT molecular complexity index is 549. The zero-order valence-electron chi connectivity index (χ0n) is 12.0. The highest BCUT2D eigenvalue weighted by molar-refractivity contribution is 5.93. The van der Waals surface area contributed by atoms with Gasteiger partial charge in [-0.15, -0.1) is 0 Å². The van der Waals surface area contributed by atoms with E-state index in [-0.39, 0.29) is 11.9 Å². The van der Waals surface area contributed by atoms with Crippen molar-refractivity contribution in [1.82, 2.24) is 19.7 Å². The molecule has 108 valence electrons. The SMILES string of the molecule is Cc1nc(C)n(C2CCCN(C(=O)C3=COCC3)C2)n1. The predicted molar refractivity (Wildman–Crippen MR) is 73.0 cm³/mol. The summed E-state index contributed by atoms with van der Waals surface area (Å²) in [5, 5.41) is 4.45. The van der Waals surface area contributed by atoms with Gasteiger partial charge in [0.25, 0.3) is 5.91 Å². The average Bonchev–Trinajstić information content (AvgIpc) is 3.08. The lowest BCUT2D eigenvalue weighted by atomic mass is 10.0. The Balaban J connectivity index is 1.73. The van der Waals surface area contributed by atoms with Crippen LogP contribution >= 0.6 is 0 Å². The van der Waals surface area contributed by atoms with Crippen molar-refractivity contribution in [2.45, 2.75) is 39.2 Å². The molecule has 0 spiro atoms. The molecular weight excluding hydrogens is 256 g/mol. The normalized spacial score (nSPS) is 22.6. The van der Waals surface area contributed by atoms with Crippen LogP contribution in [0.15, 0.2) is 11.8 Å². The molecule has 1 aromatic heterocycles. The van der Waals surface area contributed by atoms with Gasteiger partial charge in [0, 0.05) is 19.5 Å². The molecule has 1 aromatic rings. The summed E-state index contributed by atoms with van der Waals surface area (Å²) in [4.78, 5) is 18.7. The van der Waals surface area contributed by atoms with E-state index in [2.05, 4.69) is 10.1 Å². The highest BCUT2D eigenvalue weighted by Gasteiger charge is 2.29. The van der Waals surface area contributed by atoms with Crippen molar-refractivity contribution in [2.24, 2.45) is 0 Å². The van der Waals surface area contributed by atoms with Gasteiger partial charge in [0.1, 0.15) is 11.6 Å². The summed E-state index contributed by atoms with van der Waals surface area (Å²) >= 11 is 0. The number of likely N-dealkylation sites (tertiary alicyclic amines) is 1. The summed E-state index contributed by atoms with van der Waals surface area (Å²) in [6.45, 7) is 6.02. The molecule has 20 heavy (non-hydrogen) atoms. The third-order valence-corrected chi connectivity index (χ3v) is 3.93. The number of nitrogens with zero attached hydrogens (tertiary/aromatic N) is 4. The highest BCUT2D eigenvalue weighted by Crippen LogP contribution is 2.24. The number of hydrogen-bond acceptors (Lipinski definition) is 4. The molecular formula is C14H20N4O2. The van der Waals surface area contributed by atoms with Crippen LogP contribution in [0.1, 0.15) is 37.0 Å². The molecule has 0 bridgehead atoms. The fraction of sp³-hybridized carbons (Fsp3) is 0.643. The van der Waals surface area contributed by atoms with E-state index < -0.39 is 0 Å². The number of amides is 1. The van der Waals surface area contributed by atoms with Gasteiger partial charge in [-0.2, -0.15) is 5.10 Å². The molecule has 0 aliphatic carbocycles. The topological polar surface area (TPSA) is 60.2 Å². The third-order valence-electron chi connectivity index (χ3n) is 3.93. The molecule has 3 rings (SSSR count). The van der Waals surface area contributed by atoms with Crippen LogP contribution in [0.3, 0.4) is 0 Å². The monoisotopic (exact) mass is 276 g/mol. The molecule has 1 fully saturated rings. The number of hydrogen-bond donors (Lipinski definition) is 0. The molecule has 0 aromatic carbocycles. The second kappa shape index (κ2) is 5.26. The Morgan fingerprint density at radius 1 is 1.45 bits per heavy atom. The Morgan fingerprint density at radius 3 is 2.95 bits per heavy atom. The standard InChI is InChI=1S/C14H20N4O2/c1-10-15-11(2)18(16-10)13-4-3-6-17(8-13)14(19)12-5-7-20-9-12/h9,13H,3-8H2,1-2H3. The van der Waals surface area contributed by atoms with E-state index in [1.807, 2.05) is 23.4 Å². The van der Waals surface area contributed by atoms with E-state index in [1.165, 1.54) is 0 Å². The van der Waals surface area contributed by atoms with Crippen molar-refractivity contribution in [3.8, 4) is 0 Å². The molecule has 1 saturated heterocycles. The van der Waals surface area contributed by atoms with E-state index >= 15 is 0 Å². The first-order valence-corrected chi connectivity index (χ1v) is 7.15. The summed E-state index contributed by atoms with van der Waals surface area (Å²) in [6.07, 6.45) is 4.38. The molecule has 1 unspecified atom stereocenters. The average molecular weight is 276 g/mol. The lowest BCUT2D eigenvalue weighted by Gasteiger charge is -2.33. The summed E-state index contributed by atoms with van der Waals surface area (Å²) in [6, 6.07) is 0.233. The quantitative estimate of drug-likeness (QED) is 0.818. The van der Waals surface area contributed by atoms with Gasteiger partial charge in [-0.3, -0.25) is 4.79 Å². The van der Waals surface area contributed by atoms with E-state index in [1.54, 1.807) is 6.26 Å². The summed E-state index contributed by atoms with van der Waals surface area (Å²) in [5.74, 6) is 1.82. The third kappa shape index (κ3) is 2.42. The van der Waals surface area contributed by atoms with Crippen LogP contribution in [0.25, 0.3) is 0 Å². The zero-order valence-corrected chi connectivity index (χ0v) is 12.0. The number of aryl methyl sites for hydroxylation is 2. The van der Waals surface area contributed by atoms with Crippen molar-refractivity contribution in [3.63, 3.8) is 0 Å². The summed E-state index contributed by atoms with van der Waals surface area (Å²) < 4.78 is 7.13. The minimum atomic E-state index is 0.113. The van der Waals surface area contributed by atoms with Crippen molar-refractivity contribution in [1.29, 1.82) is 0 Å². The summed E-state index contributed by atoms with van der Waals surface area (Å²) in [7, 11) is 0. The molecule has 1 amide bonds. The first kappa shape index (κ1) is 13.1. The number of carbonyl (C=O) groups excluding carboxylic acids is 1. The molecule has 2 aliphatic rings. The minimum absolute atomic E-state index is 0.113. The molecule has 6 heteroatoms. The van der Waals surface area contributed by atoms with Crippen LogP contribution in [0.2, 0.25) is 0 Å². The fourth-order valence-corrected chi connectivity index (χ4v) is 2.97. The smallest absolute Gasteiger partial charge is 0.253 e. The molecule has 0 radical (unpaired) electrons. The Kier molecular flexibility index (Phi) is 3.46. The van der Waals surface area contributed by atoms with Gasteiger partial charge in [0.2, 0.25) is 0 Å². The number of ether oxygens (including phenoxy) is 1. The van der Waals surface area contributed by atoms with E-state index in [0.29, 0.717) is 13.2 Å². The van der Waals surface area contributed by atoms with E-state index in [0.717, 1.165) is 43.0 Å². The van der Waals surface area contributed by atoms with Gasteiger partial charge >= 0.3 is 0 Å². The minimum Gasteiger partial charge on any atom is -0.500 e. The Morgan fingerprint density at radius 2 is 2.30 bits per heavy atom. The van der Waals surface area contributed by atoms with Gasteiger partial charge in [-0.1, -0.05) is 0 Å². The van der Waals surface area contributed by atoms with Crippen molar-refractivity contribution in [2.75, 3.05) is 19.7 Å². The second-order valence-corrected chi connectivity index (χ2v) is 5.46. The lowest BCUT2D eigenvalue weighted by molar-refractivity contribution is -0.128. The number of rotatable bonds is 2. The van der Waals surface area contributed by atoms with Gasteiger partial charge in [0.05, 0.1) is 24.5 Å². The largest absolute Gasteiger partial charge is 0.500 e. The van der Waals surface area contributed by atoms with Gasteiger partial charge < -0.3 is 9.64 Å². The Hall–Kier alpha value is -1.85. The first-order chi connectivity index (χ1) is 9.65. The van der Waals surface area contributed by atoms with Crippen LogP contribution in [-0.2, 0) is 9.53 Å².